The van der Waals surface area contributed by atoms with Crippen LogP contribution >= 0.6 is 0 Å². The summed E-state index contributed by atoms with van der Waals surface area (Å²) in [6.45, 7) is 16.6. The fourth-order valence-corrected chi connectivity index (χ4v) is 12.8. The van der Waals surface area contributed by atoms with E-state index in [0.29, 0.717) is 30.8 Å². The van der Waals surface area contributed by atoms with Crippen LogP contribution in [-0.4, -0.2) is 81.8 Å². The maximum absolute atomic E-state index is 11.1. The Morgan fingerprint density at radius 2 is 1.63 bits per heavy atom. The lowest BCUT2D eigenvalue weighted by atomic mass is 9.35. The van der Waals surface area contributed by atoms with E-state index in [-0.39, 0.29) is 46.4 Å². The van der Waals surface area contributed by atoms with Gasteiger partial charge in [-0.25, -0.2) is 0 Å². The minimum atomic E-state index is -1.34. The molecule has 4 saturated carbocycles. The van der Waals surface area contributed by atoms with Crippen LogP contribution < -0.4 is 0 Å². The summed E-state index contributed by atoms with van der Waals surface area (Å²) in [5.41, 5.74) is 0.515. The smallest absolute Gasteiger partial charge is 0.186 e. The first kappa shape index (κ1) is 31.0. The molecule has 0 aromatic carbocycles. The molecule has 0 radical (unpaired) electrons. The predicted molar refractivity (Wildman–Crippen MR) is 160 cm³/mol. The normalized spacial score (nSPS) is 58.6. The molecule has 0 aromatic rings. The minimum Gasteiger partial charge on any atom is -0.393 e. The molecule has 8 heteroatoms. The summed E-state index contributed by atoms with van der Waals surface area (Å²) in [6.07, 6.45) is 4.70. The van der Waals surface area contributed by atoms with Crippen LogP contribution in [-0.2, 0) is 18.9 Å². The summed E-state index contributed by atoms with van der Waals surface area (Å²) in [7, 11) is 0. The van der Waals surface area contributed by atoms with Gasteiger partial charge in [0.2, 0.25) is 0 Å². The topological polar surface area (TPSA) is 118 Å². The highest BCUT2D eigenvalue weighted by atomic mass is 16.7. The van der Waals surface area contributed by atoms with Crippen molar-refractivity contribution in [1.29, 1.82) is 0 Å². The molecule has 2 bridgehead atoms. The van der Waals surface area contributed by atoms with Crippen molar-refractivity contribution >= 4 is 0 Å². The molecule has 7 fully saturated rings. The molecule has 0 amide bonds. The third-order valence-electron chi connectivity index (χ3n) is 14.6. The van der Waals surface area contributed by atoms with Gasteiger partial charge in [-0.1, -0.05) is 39.3 Å². The van der Waals surface area contributed by atoms with Crippen LogP contribution in [0.3, 0.4) is 0 Å². The maximum atomic E-state index is 11.1. The highest BCUT2D eigenvalue weighted by Crippen LogP contribution is 2.80. The lowest BCUT2D eigenvalue weighted by Gasteiger charge is -2.70. The van der Waals surface area contributed by atoms with Gasteiger partial charge in [0.1, 0.15) is 18.3 Å². The van der Waals surface area contributed by atoms with Crippen molar-refractivity contribution < 1.29 is 39.4 Å². The van der Waals surface area contributed by atoms with Gasteiger partial charge in [0.25, 0.3) is 0 Å². The van der Waals surface area contributed by atoms with Gasteiger partial charge in [0.15, 0.2) is 12.1 Å². The van der Waals surface area contributed by atoms with Gasteiger partial charge < -0.3 is 39.4 Å². The monoisotopic (exact) mass is 604 g/mol. The van der Waals surface area contributed by atoms with Gasteiger partial charge in [-0.3, -0.25) is 0 Å². The lowest BCUT2D eigenvalue weighted by molar-refractivity contribution is -0.378. The van der Waals surface area contributed by atoms with Gasteiger partial charge in [-0.15, -0.1) is 0 Å². The Bertz CT molecular complexity index is 1150. The Balaban J connectivity index is 1.27. The van der Waals surface area contributed by atoms with Crippen molar-refractivity contribution in [3.63, 3.8) is 0 Å². The summed E-state index contributed by atoms with van der Waals surface area (Å²) >= 11 is 0. The summed E-state index contributed by atoms with van der Waals surface area (Å²) in [6, 6.07) is 0. The van der Waals surface area contributed by atoms with E-state index in [4.69, 9.17) is 18.9 Å². The first-order chi connectivity index (χ1) is 20.0. The van der Waals surface area contributed by atoms with E-state index in [9.17, 15) is 20.4 Å². The van der Waals surface area contributed by atoms with Crippen LogP contribution in [0.15, 0.2) is 11.6 Å². The Labute approximate surface area is 257 Å². The lowest BCUT2D eigenvalue weighted by Crippen LogP contribution is -2.68. The van der Waals surface area contributed by atoms with Crippen molar-refractivity contribution in [1.82, 2.24) is 0 Å². The van der Waals surface area contributed by atoms with Gasteiger partial charge in [0, 0.05) is 24.2 Å². The number of hydrogen-bond acceptors (Lipinski definition) is 8. The second-order valence-electron chi connectivity index (χ2n) is 17.3. The van der Waals surface area contributed by atoms with Crippen molar-refractivity contribution in [2.45, 2.75) is 148 Å². The Morgan fingerprint density at radius 1 is 0.884 bits per heavy atom. The molecule has 4 aliphatic carbocycles. The summed E-state index contributed by atoms with van der Waals surface area (Å²) < 4.78 is 26.6. The standard InChI is InChI=1S/C35H56O8/c1-19(2)14-20-15-33(7,43-29-27(39)26(38)22(36)16-40-29)28-21-8-9-24-31(5)12-11-25(37)30(3,4)23(31)10-13-32(24,6)34(21)17-35(28,42-20)41-18-34/h14,20-29,36-39H,8-13,15-18H2,1-7H3/t20-,21-,22+,23?,24-,25+,26+,27-,28+,29+,31+,32-,33+,34+,35+/m1/s1. The second kappa shape index (κ2) is 9.72. The first-order valence-electron chi connectivity index (χ1n) is 17.0. The van der Waals surface area contributed by atoms with Crippen LogP contribution in [0.4, 0.5) is 0 Å². The predicted octanol–water partition coefficient (Wildman–Crippen LogP) is 4.32. The van der Waals surface area contributed by atoms with E-state index in [2.05, 4.69) is 54.5 Å². The van der Waals surface area contributed by atoms with Crippen molar-refractivity contribution in [3.05, 3.63) is 11.6 Å². The van der Waals surface area contributed by atoms with Crippen LogP contribution in [0.2, 0.25) is 0 Å². The third kappa shape index (κ3) is 4.03. The molecule has 1 unspecified atom stereocenters. The van der Waals surface area contributed by atoms with E-state index in [1.807, 2.05) is 0 Å². The zero-order chi connectivity index (χ0) is 31.0. The first-order valence-corrected chi connectivity index (χ1v) is 17.0. The number of hydrogen-bond donors (Lipinski definition) is 4. The molecule has 244 valence electrons. The summed E-state index contributed by atoms with van der Waals surface area (Å²) in [4.78, 5) is 0. The number of fused-ring (bicyclic) bond motifs is 4. The van der Waals surface area contributed by atoms with Crippen LogP contribution in [0, 0.1) is 45.3 Å². The largest absolute Gasteiger partial charge is 0.393 e. The van der Waals surface area contributed by atoms with E-state index < -0.39 is 36.0 Å². The van der Waals surface area contributed by atoms with Crippen LogP contribution in [0.25, 0.3) is 0 Å². The van der Waals surface area contributed by atoms with Gasteiger partial charge in [-0.05, 0) is 93.3 Å². The zero-order valence-electron chi connectivity index (χ0n) is 27.3. The molecular weight excluding hydrogens is 548 g/mol. The van der Waals surface area contributed by atoms with Gasteiger partial charge >= 0.3 is 0 Å². The molecule has 8 nitrogen and oxygen atoms in total. The second-order valence-corrected chi connectivity index (χ2v) is 17.3. The van der Waals surface area contributed by atoms with Gasteiger partial charge in [-0.2, -0.15) is 0 Å². The number of allylic oxidation sites excluding steroid dienone is 1. The number of rotatable bonds is 3. The number of aliphatic hydroxyl groups is 4. The molecule has 7 rings (SSSR count). The fourth-order valence-electron chi connectivity index (χ4n) is 12.8. The van der Waals surface area contributed by atoms with E-state index >= 15 is 0 Å². The molecule has 15 atom stereocenters. The Morgan fingerprint density at radius 3 is 2.35 bits per heavy atom. The maximum Gasteiger partial charge on any atom is 0.186 e. The molecular formula is C35H56O8. The highest BCUT2D eigenvalue weighted by Gasteiger charge is 2.81. The number of ether oxygens (including phenoxy) is 4. The molecule has 43 heavy (non-hydrogen) atoms. The zero-order valence-corrected chi connectivity index (χ0v) is 27.3. The molecule has 4 N–H and O–H groups in total. The van der Waals surface area contributed by atoms with Crippen LogP contribution in [0.1, 0.15) is 99.8 Å². The third-order valence-corrected chi connectivity index (χ3v) is 14.6. The molecule has 2 spiro atoms. The quantitative estimate of drug-likeness (QED) is 0.352. The molecule has 3 heterocycles. The molecule has 3 saturated heterocycles. The molecule has 7 aliphatic rings. The average molecular weight is 605 g/mol. The SMILES string of the molecule is CC(C)=C[C@@H]1C[C@](C)(O[C@@H]2OC[C@H](O)[C@H](O)[C@H]2O)[C@@H]2[C@H]3CC[C@@H]4[C@@]5(C)CC[C@H](O)C(C)(C)C5CC[C@@]4(C)[C@@]34CO[C@@]2(C4)O1. The Hall–Kier alpha value is -0.580. The van der Waals surface area contributed by atoms with E-state index in [0.717, 1.165) is 50.5 Å². The average Bonchev–Trinajstić information content (AvgIpc) is 3.43. The van der Waals surface area contributed by atoms with E-state index in [1.54, 1.807) is 0 Å². The van der Waals surface area contributed by atoms with Crippen LogP contribution in [0.5, 0.6) is 0 Å². The highest BCUT2D eigenvalue weighted by molar-refractivity contribution is 5.27. The minimum absolute atomic E-state index is 0.0525. The van der Waals surface area contributed by atoms with Crippen molar-refractivity contribution in [2.75, 3.05) is 13.2 Å². The Kier molecular flexibility index (Phi) is 7.02. The van der Waals surface area contributed by atoms with E-state index in [1.165, 1.54) is 0 Å². The molecule has 0 aromatic heterocycles. The fraction of sp³-hybridized carbons (Fsp3) is 0.943. The summed E-state index contributed by atoms with van der Waals surface area (Å²) in [5.74, 6) is 0.529. The summed E-state index contributed by atoms with van der Waals surface area (Å²) in [5, 5.41) is 42.6. The van der Waals surface area contributed by atoms with Crippen molar-refractivity contribution in [2.24, 2.45) is 45.3 Å². The molecule has 3 aliphatic heterocycles. The number of aliphatic hydroxyl groups excluding tert-OH is 4. The van der Waals surface area contributed by atoms with Crippen molar-refractivity contribution in [3.8, 4) is 0 Å². The van der Waals surface area contributed by atoms with Gasteiger partial charge in [0.05, 0.1) is 31.0 Å².